The van der Waals surface area contributed by atoms with Crippen molar-refractivity contribution in [2.75, 3.05) is 6.61 Å². The van der Waals surface area contributed by atoms with Crippen LogP contribution in [-0.2, 0) is 20.9 Å². The van der Waals surface area contributed by atoms with Crippen molar-refractivity contribution < 1.29 is 18.7 Å². The molecule has 0 aliphatic carbocycles. The topological polar surface area (TPSA) is 73.5 Å². The molecule has 0 spiro atoms. The molecule has 0 unspecified atom stereocenters. The highest BCUT2D eigenvalue weighted by molar-refractivity contribution is 5.89. The van der Waals surface area contributed by atoms with Gasteiger partial charge >= 0.3 is 5.97 Å². The minimum atomic E-state index is -0.547. The molecule has 0 radical (unpaired) electrons. The third-order valence-corrected chi connectivity index (χ3v) is 3.70. The Labute approximate surface area is 147 Å². The number of esters is 1. The quantitative estimate of drug-likeness (QED) is 0.619. The zero-order valence-corrected chi connectivity index (χ0v) is 15.0. The fraction of sp³-hybridized carbons (Fsp3) is 0.368. The molecular weight excluding hydrogens is 320 g/mol. The highest BCUT2D eigenvalue weighted by Crippen LogP contribution is 2.18. The number of rotatable bonds is 7. The van der Waals surface area contributed by atoms with Crippen molar-refractivity contribution in [2.24, 2.45) is 0 Å². The lowest BCUT2D eigenvalue weighted by Gasteiger charge is -2.08. The molecule has 0 atom stereocenters. The Kier molecular flexibility index (Phi) is 6.22. The molecule has 0 aliphatic rings. The monoisotopic (exact) mass is 344 g/mol. The highest BCUT2D eigenvalue weighted by atomic mass is 16.5. The normalized spacial score (nSPS) is 11.2. The zero-order valence-electron chi connectivity index (χ0n) is 15.0. The molecule has 2 heterocycles. The molecule has 1 amide bonds. The second-order valence-electron chi connectivity index (χ2n) is 6.16. The van der Waals surface area contributed by atoms with Crippen LogP contribution in [0.5, 0.6) is 0 Å². The number of hydrogen-bond acceptors (Lipinski definition) is 4. The van der Waals surface area contributed by atoms with Crippen molar-refractivity contribution in [3.63, 3.8) is 0 Å². The molecule has 0 saturated heterocycles. The summed E-state index contributed by atoms with van der Waals surface area (Å²) in [5, 5.41) is 2.66. The van der Waals surface area contributed by atoms with Crippen molar-refractivity contribution >= 4 is 18.0 Å². The molecule has 2 aromatic heterocycles. The lowest BCUT2D eigenvalue weighted by Crippen LogP contribution is -2.33. The molecular formula is C19H24N2O4. The van der Waals surface area contributed by atoms with Gasteiger partial charge in [-0.25, -0.2) is 4.79 Å². The third kappa shape index (κ3) is 5.38. The average Bonchev–Trinajstić information content (AvgIpc) is 3.14. The summed E-state index contributed by atoms with van der Waals surface area (Å²) in [6, 6.07) is 5.79. The van der Waals surface area contributed by atoms with Crippen molar-refractivity contribution in [1.29, 1.82) is 0 Å². The van der Waals surface area contributed by atoms with E-state index < -0.39 is 5.97 Å². The predicted octanol–water partition coefficient (Wildman–Crippen LogP) is 2.83. The largest absolute Gasteiger partial charge is 0.467 e. The molecule has 0 aliphatic heterocycles. The average molecular weight is 344 g/mol. The first-order valence-corrected chi connectivity index (χ1v) is 8.20. The number of hydrogen-bond donors (Lipinski definition) is 1. The summed E-state index contributed by atoms with van der Waals surface area (Å²) < 4.78 is 12.4. The van der Waals surface area contributed by atoms with Crippen molar-refractivity contribution in [2.45, 2.75) is 40.3 Å². The van der Waals surface area contributed by atoms with E-state index in [1.54, 1.807) is 12.3 Å². The van der Waals surface area contributed by atoms with Crippen LogP contribution in [-0.4, -0.2) is 29.1 Å². The Bertz CT molecular complexity index is 755. The summed E-state index contributed by atoms with van der Waals surface area (Å²) in [5.41, 5.74) is 3.02. The summed E-state index contributed by atoms with van der Waals surface area (Å²) >= 11 is 0. The summed E-state index contributed by atoms with van der Waals surface area (Å²) in [6.07, 6.45) is 4.68. The number of aromatic nitrogens is 1. The van der Waals surface area contributed by atoms with Crippen molar-refractivity contribution in [3.8, 4) is 0 Å². The fourth-order valence-electron chi connectivity index (χ4n) is 2.50. The van der Waals surface area contributed by atoms with E-state index in [2.05, 4.69) is 9.88 Å². The van der Waals surface area contributed by atoms with E-state index in [1.807, 2.05) is 45.9 Å². The van der Waals surface area contributed by atoms with Gasteiger partial charge in [-0.2, -0.15) is 0 Å². The van der Waals surface area contributed by atoms with E-state index >= 15 is 0 Å². The third-order valence-electron chi connectivity index (χ3n) is 3.70. The van der Waals surface area contributed by atoms with E-state index in [0.29, 0.717) is 6.54 Å². The SMILES string of the molecule is Cc1cc(/C=C/C(=O)OCC(=O)NC(C)C)c(C)n1Cc1ccco1. The fourth-order valence-corrected chi connectivity index (χ4v) is 2.50. The van der Waals surface area contributed by atoms with Crippen LogP contribution >= 0.6 is 0 Å². The summed E-state index contributed by atoms with van der Waals surface area (Å²) in [7, 11) is 0. The highest BCUT2D eigenvalue weighted by Gasteiger charge is 2.10. The maximum Gasteiger partial charge on any atom is 0.331 e. The van der Waals surface area contributed by atoms with Gasteiger partial charge in [0.2, 0.25) is 0 Å². The first kappa shape index (κ1) is 18.6. The summed E-state index contributed by atoms with van der Waals surface area (Å²) in [5.74, 6) is 0.0102. The number of carbonyl (C=O) groups excluding carboxylic acids is 2. The standard InChI is InChI=1S/C19H24N2O4/c1-13(2)20-18(22)12-25-19(23)8-7-16-10-14(3)21(15(16)4)11-17-6-5-9-24-17/h5-10,13H,11-12H2,1-4H3,(H,20,22)/b8-7+. The first-order chi connectivity index (χ1) is 11.9. The predicted molar refractivity (Wildman–Crippen MR) is 95.0 cm³/mol. The lowest BCUT2D eigenvalue weighted by atomic mass is 10.2. The molecule has 0 fully saturated rings. The number of aryl methyl sites for hydroxylation is 1. The maximum absolute atomic E-state index is 11.8. The van der Waals surface area contributed by atoms with Crippen LogP contribution in [0.2, 0.25) is 0 Å². The minimum Gasteiger partial charge on any atom is -0.467 e. The van der Waals surface area contributed by atoms with Gasteiger partial charge in [-0.1, -0.05) is 0 Å². The Morgan fingerprint density at radius 3 is 2.76 bits per heavy atom. The number of nitrogens with zero attached hydrogens (tertiary/aromatic N) is 1. The number of furan rings is 1. The molecule has 6 nitrogen and oxygen atoms in total. The van der Waals surface area contributed by atoms with Gasteiger partial charge in [-0.15, -0.1) is 0 Å². The molecule has 0 saturated carbocycles. The molecule has 25 heavy (non-hydrogen) atoms. The Hall–Kier alpha value is -2.76. The Morgan fingerprint density at radius 2 is 2.12 bits per heavy atom. The zero-order chi connectivity index (χ0) is 18.4. The number of ether oxygens (including phenoxy) is 1. The smallest absolute Gasteiger partial charge is 0.331 e. The number of nitrogens with one attached hydrogen (secondary N) is 1. The van der Waals surface area contributed by atoms with Gasteiger partial charge in [-0.3, -0.25) is 4.79 Å². The van der Waals surface area contributed by atoms with Gasteiger partial charge in [0, 0.05) is 23.5 Å². The van der Waals surface area contributed by atoms with Gasteiger partial charge < -0.3 is 19.0 Å². The summed E-state index contributed by atoms with van der Waals surface area (Å²) in [6.45, 7) is 8.03. The van der Waals surface area contributed by atoms with Crippen LogP contribution in [0.3, 0.4) is 0 Å². The number of carbonyl (C=O) groups is 2. The van der Waals surface area contributed by atoms with Gasteiger partial charge in [0.1, 0.15) is 5.76 Å². The molecule has 134 valence electrons. The minimum absolute atomic E-state index is 0.0151. The maximum atomic E-state index is 11.8. The van der Waals surface area contributed by atoms with E-state index in [4.69, 9.17) is 9.15 Å². The molecule has 6 heteroatoms. The van der Waals surface area contributed by atoms with E-state index in [9.17, 15) is 9.59 Å². The van der Waals surface area contributed by atoms with Gasteiger partial charge in [0.25, 0.3) is 5.91 Å². The van der Waals surface area contributed by atoms with Crippen LogP contribution in [0.25, 0.3) is 6.08 Å². The van der Waals surface area contributed by atoms with Crippen molar-refractivity contribution in [3.05, 3.63) is 53.2 Å². The van der Waals surface area contributed by atoms with Gasteiger partial charge in [-0.05, 0) is 57.5 Å². The van der Waals surface area contributed by atoms with Crippen LogP contribution < -0.4 is 5.32 Å². The van der Waals surface area contributed by atoms with Crippen LogP contribution in [0.15, 0.2) is 35.0 Å². The second kappa shape index (κ2) is 8.37. The van der Waals surface area contributed by atoms with Crippen molar-refractivity contribution in [1.82, 2.24) is 9.88 Å². The van der Waals surface area contributed by atoms with E-state index in [0.717, 1.165) is 22.7 Å². The molecule has 0 bridgehead atoms. The van der Waals surface area contributed by atoms with E-state index in [1.165, 1.54) is 6.08 Å². The van der Waals surface area contributed by atoms with Gasteiger partial charge in [0.05, 0.1) is 12.8 Å². The van der Waals surface area contributed by atoms with E-state index in [-0.39, 0.29) is 18.6 Å². The molecule has 0 aromatic carbocycles. The van der Waals surface area contributed by atoms with Crippen LogP contribution in [0.1, 0.15) is 36.6 Å². The van der Waals surface area contributed by atoms with Crippen LogP contribution in [0.4, 0.5) is 0 Å². The Morgan fingerprint density at radius 1 is 1.36 bits per heavy atom. The molecule has 2 rings (SSSR count). The second-order valence-corrected chi connectivity index (χ2v) is 6.16. The molecule has 2 aromatic rings. The Balaban J connectivity index is 1.96. The lowest BCUT2D eigenvalue weighted by molar-refractivity contribution is -0.143. The first-order valence-electron chi connectivity index (χ1n) is 8.20. The number of amides is 1. The molecule has 1 N–H and O–H groups in total. The summed E-state index contributed by atoms with van der Waals surface area (Å²) in [4.78, 5) is 23.2. The van der Waals surface area contributed by atoms with Gasteiger partial charge in [0.15, 0.2) is 6.61 Å². The van der Waals surface area contributed by atoms with Crippen LogP contribution in [0, 0.1) is 13.8 Å².